The van der Waals surface area contributed by atoms with Crippen molar-refractivity contribution in [2.45, 2.75) is 6.92 Å². The molecular formula is C5H7N3O3S. The van der Waals surface area contributed by atoms with Crippen LogP contribution in [-0.2, 0) is 4.74 Å². The molecule has 66 valence electrons. The molecule has 1 amide bonds. The number of hydrogen-bond donors (Lipinski definition) is 2. The second-order valence-electron chi connectivity index (χ2n) is 1.76. The molecule has 1 aromatic heterocycles. The zero-order chi connectivity index (χ0) is 8.97. The van der Waals surface area contributed by atoms with Crippen molar-refractivity contribution in [1.29, 1.82) is 0 Å². The van der Waals surface area contributed by atoms with E-state index in [4.69, 9.17) is 0 Å². The van der Waals surface area contributed by atoms with Crippen LogP contribution in [0.5, 0.6) is 0 Å². The summed E-state index contributed by atoms with van der Waals surface area (Å²) in [4.78, 5) is 21.0. The normalized spacial score (nSPS) is 9.42. The molecule has 0 saturated carbocycles. The van der Waals surface area contributed by atoms with Gasteiger partial charge in [-0.15, -0.1) is 5.10 Å². The van der Waals surface area contributed by atoms with Crippen LogP contribution < -0.4 is 10.2 Å². The van der Waals surface area contributed by atoms with Crippen molar-refractivity contribution in [1.82, 2.24) is 10.2 Å². The Bertz CT molecular complexity index is 318. The van der Waals surface area contributed by atoms with E-state index in [1.165, 1.54) is 0 Å². The highest BCUT2D eigenvalue weighted by Crippen LogP contribution is 2.03. The maximum atomic E-state index is 10.7. The first-order valence-electron chi connectivity index (χ1n) is 3.21. The summed E-state index contributed by atoms with van der Waals surface area (Å²) in [6, 6.07) is 0. The van der Waals surface area contributed by atoms with Crippen LogP contribution in [0.2, 0.25) is 0 Å². The van der Waals surface area contributed by atoms with Crippen molar-refractivity contribution < 1.29 is 9.53 Å². The van der Waals surface area contributed by atoms with Crippen LogP contribution in [0.1, 0.15) is 6.92 Å². The standard InChI is InChI=1S/C5H7N3O3S/c1-2-11-4(9)6-3-7-8-5(10)12-3/h2H2,1H3,(H,8,10)(H,6,7,9). The first-order chi connectivity index (χ1) is 5.72. The van der Waals surface area contributed by atoms with Gasteiger partial charge in [-0.1, -0.05) is 0 Å². The molecule has 0 saturated heterocycles. The summed E-state index contributed by atoms with van der Waals surface area (Å²) in [6.07, 6.45) is -0.611. The van der Waals surface area contributed by atoms with Gasteiger partial charge in [-0.2, -0.15) is 0 Å². The monoisotopic (exact) mass is 189 g/mol. The largest absolute Gasteiger partial charge is 0.450 e. The minimum Gasteiger partial charge on any atom is -0.450 e. The van der Waals surface area contributed by atoms with E-state index in [1.54, 1.807) is 6.92 Å². The lowest BCUT2D eigenvalue weighted by atomic mass is 10.9. The van der Waals surface area contributed by atoms with E-state index in [2.05, 4.69) is 20.3 Å². The Morgan fingerprint density at radius 1 is 1.83 bits per heavy atom. The Morgan fingerprint density at radius 2 is 2.58 bits per heavy atom. The van der Waals surface area contributed by atoms with Crippen molar-refractivity contribution in [2.75, 3.05) is 11.9 Å². The zero-order valence-corrected chi connectivity index (χ0v) is 7.10. The van der Waals surface area contributed by atoms with Crippen LogP contribution >= 0.6 is 11.3 Å². The molecule has 7 heteroatoms. The van der Waals surface area contributed by atoms with Gasteiger partial charge in [-0.25, -0.2) is 9.89 Å². The quantitative estimate of drug-likeness (QED) is 0.705. The molecule has 0 aliphatic heterocycles. The Kier molecular flexibility index (Phi) is 2.81. The van der Waals surface area contributed by atoms with Crippen LogP contribution in [-0.4, -0.2) is 22.9 Å². The van der Waals surface area contributed by atoms with Gasteiger partial charge in [0, 0.05) is 0 Å². The van der Waals surface area contributed by atoms with Gasteiger partial charge in [0.15, 0.2) is 0 Å². The molecule has 1 heterocycles. The number of carbonyl (C=O) groups excluding carboxylic acids is 1. The molecule has 0 aliphatic carbocycles. The van der Waals surface area contributed by atoms with Crippen LogP contribution in [0.4, 0.5) is 9.93 Å². The van der Waals surface area contributed by atoms with Gasteiger partial charge >= 0.3 is 11.0 Å². The van der Waals surface area contributed by atoms with Crippen LogP contribution in [0.3, 0.4) is 0 Å². The van der Waals surface area contributed by atoms with Gasteiger partial charge in [0.05, 0.1) is 6.61 Å². The van der Waals surface area contributed by atoms with E-state index in [0.29, 0.717) is 0 Å². The number of nitrogens with one attached hydrogen (secondary N) is 2. The summed E-state index contributed by atoms with van der Waals surface area (Å²) in [5.41, 5.74) is 0. The molecule has 12 heavy (non-hydrogen) atoms. The molecule has 0 aromatic carbocycles. The Hall–Kier alpha value is -1.37. The predicted octanol–water partition coefficient (Wildman–Crippen LogP) is 0.400. The molecule has 0 atom stereocenters. The maximum Gasteiger partial charge on any atom is 0.413 e. The summed E-state index contributed by atoms with van der Waals surface area (Å²) in [7, 11) is 0. The highest BCUT2D eigenvalue weighted by molar-refractivity contribution is 7.13. The molecule has 0 radical (unpaired) electrons. The number of amides is 1. The van der Waals surface area contributed by atoms with Gasteiger partial charge in [0.2, 0.25) is 5.13 Å². The van der Waals surface area contributed by atoms with E-state index in [9.17, 15) is 9.59 Å². The van der Waals surface area contributed by atoms with Crippen LogP contribution in [0.15, 0.2) is 4.79 Å². The van der Waals surface area contributed by atoms with E-state index < -0.39 is 6.09 Å². The summed E-state index contributed by atoms with van der Waals surface area (Å²) in [5.74, 6) is 0. The highest BCUT2D eigenvalue weighted by Gasteiger charge is 2.04. The average Bonchev–Trinajstić information content (AvgIpc) is 2.36. The Labute approximate surface area is 71.6 Å². The highest BCUT2D eigenvalue weighted by atomic mass is 32.1. The summed E-state index contributed by atoms with van der Waals surface area (Å²) in [5, 5.41) is 8.15. The summed E-state index contributed by atoms with van der Waals surface area (Å²) < 4.78 is 4.56. The van der Waals surface area contributed by atoms with E-state index in [1.807, 2.05) is 0 Å². The van der Waals surface area contributed by atoms with Gasteiger partial charge < -0.3 is 4.74 Å². The van der Waals surface area contributed by atoms with E-state index >= 15 is 0 Å². The number of hydrogen-bond acceptors (Lipinski definition) is 5. The first-order valence-corrected chi connectivity index (χ1v) is 4.03. The van der Waals surface area contributed by atoms with Crippen LogP contribution in [0.25, 0.3) is 0 Å². The second kappa shape index (κ2) is 3.86. The molecule has 6 nitrogen and oxygen atoms in total. The summed E-state index contributed by atoms with van der Waals surface area (Å²) in [6.45, 7) is 1.97. The number of aromatic amines is 1. The number of aromatic nitrogens is 2. The number of ether oxygens (including phenoxy) is 1. The number of H-pyrrole nitrogens is 1. The number of anilines is 1. The maximum absolute atomic E-state index is 10.7. The topological polar surface area (TPSA) is 84.1 Å². The molecule has 0 unspecified atom stereocenters. The fourth-order valence-electron chi connectivity index (χ4n) is 0.538. The van der Waals surface area contributed by atoms with Crippen LogP contribution in [0, 0.1) is 0 Å². The van der Waals surface area contributed by atoms with E-state index in [-0.39, 0.29) is 16.6 Å². The SMILES string of the molecule is CCOC(=O)Nc1n[nH]c(=O)s1. The zero-order valence-electron chi connectivity index (χ0n) is 6.29. The third-order valence-corrected chi connectivity index (χ3v) is 1.59. The molecule has 1 aromatic rings. The lowest BCUT2D eigenvalue weighted by Crippen LogP contribution is -2.12. The number of carbonyl (C=O) groups is 1. The van der Waals surface area contributed by atoms with Gasteiger partial charge in [-0.3, -0.25) is 10.1 Å². The molecular weight excluding hydrogens is 182 g/mol. The second-order valence-corrected chi connectivity index (χ2v) is 2.73. The molecule has 1 rings (SSSR count). The smallest absolute Gasteiger partial charge is 0.413 e. The minimum atomic E-state index is -0.611. The van der Waals surface area contributed by atoms with Gasteiger partial charge in [-0.05, 0) is 18.3 Å². The van der Waals surface area contributed by atoms with E-state index in [0.717, 1.165) is 11.3 Å². The van der Waals surface area contributed by atoms with Crippen molar-refractivity contribution >= 4 is 22.6 Å². The molecule has 2 N–H and O–H groups in total. The van der Waals surface area contributed by atoms with Crippen molar-refractivity contribution in [3.63, 3.8) is 0 Å². The third-order valence-electron chi connectivity index (χ3n) is 0.923. The molecule has 0 spiro atoms. The lowest BCUT2D eigenvalue weighted by molar-refractivity contribution is 0.168. The van der Waals surface area contributed by atoms with Crippen molar-refractivity contribution in [2.24, 2.45) is 0 Å². The molecule has 0 bridgehead atoms. The fraction of sp³-hybridized carbons (Fsp3) is 0.400. The lowest BCUT2D eigenvalue weighted by Gasteiger charge is -1.98. The predicted molar refractivity (Wildman–Crippen MR) is 43.4 cm³/mol. The molecule has 0 fully saturated rings. The number of nitrogens with zero attached hydrogens (tertiary/aromatic N) is 1. The first kappa shape index (κ1) is 8.72. The Morgan fingerprint density at radius 3 is 3.08 bits per heavy atom. The molecule has 0 aliphatic rings. The van der Waals surface area contributed by atoms with Crippen molar-refractivity contribution in [3.8, 4) is 0 Å². The van der Waals surface area contributed by atoms with Gasteiger partial charge in [0.25, 0.3) is 0 Å². The van der Waals surface area contributed by atoms with Gasteiger partial charge in [0.1, 0.15) is 0 Å². The third kappa shape index (κ3) is 2.35. The fourth-order valence-corrected chi connectivity index (χ4v) is 1.03. The van der Waals surface area contributed by atoms with Crippen molar-refractivity contribution in [3.05, 3.63) is 9.67 Å². The number of rotatable bonds is 2. The minimum absolute atomic E-state index is 0.207. The Balaban J connectivity index is 2.52. The average molecular weight is 189 g/mol. The summed E-state index contributed by atoms with van der Waals surface area (Å²) >= 11 is 0.808.